The van der Waals surface area contributed by atoms with Crippen molar-refractivity contribution in [1.82, 2.24) is 5.16 Å². The molecule has 0 aliphatic rings. The Balaban J connectivity index is 1.36. The van der Waals surface area contributed by atoms with E-state index in [9.17, 15) is 14.0 Å². The van der Waals surface area contributed by atoms with Gasteiger partial charge >= 0.3 is 0 Å². The fourth-order valence-electron chi connectivity index (χ4n) is 3.50. The molecule has 7 nitrogen and oxygen atoms in total. The van der Waals surface area contributed by atoms with Crippen LogP contribution in [0.5, 0.6) is 5.75 Å². The summed E-state index contributed by atoms with van der Waals surface area (Å²) in [4.78, 5) is 25.4. The largest absolute Gasteiger partial charge is 0.489 e. The van der Waals surface area contributed by atoms with Gasteiger partial charge in [-0.05, 0) is 61.9 Å². The average Bonchev–Trinajstić information content (AvgIpc) is 3.16. The lowest BCUT2D eigenvalue weighted by atomic mass is 10.1. The van der Waals surface area contributed by atoms with E-state index < -0.39 is 11.7 Å². The van der Waals surface area contributed by atoms with Gasteiger partial charge in [-0.1, -0.05) is 35.5 Å². The maximum atomic E-state index is 13.4. The molecule has 0 saturated heterocycles. The topological polar surface area (TPSA) is 93.5 Å². The summed E-state index contributed by atoms with van der Waals surface area (Å²) in [5.41, 5.74) is 3.45. The third kappa shape index (κ3) is 6.11. The number of anilines is 2. The Hall–Kier alpha value is -4.46. The van der Waals surface area contributed by atoms with Crippen molar-refractivity contribution in [3.05, 3.63) is 107 Å². The zero-order valence-electron chi connectivity index (χ0n) is 19.3. The second kappa shape index (κ2) is 10.6. The number of nitrogens with zero attached hydrogens (tertiary/aromatic N) is 1. The maximum Gasteiger partial charge on any atom is 0.257 e. The molecule has 0 atom stereocenters. The number of benzene rings is 3. The van der Waals surface area contributed by atoms with Crippen molar-refractivity contribution in [2.75, 3.05) is 10.6 Å². The molecule has 4 aromatic rings. The predicted octanol–water partition coefficient (Wildman–Crippen LogP) is 5.44. The van der Waals surface area contributed by atoms with Crippen LogP contribution in [-0.2, 0) is 17.8 Å². The van der Waals surface area contributed by atoms with Gasteiger partial charge in [0.05, 0.1) is 28.9 Å². The van der Waals surface area contributed by atoms with Gasteiger partial charge in [-0.3, -0.25) is 9.59 Å². The van der Waals surface area contributed by atoms with Gasteiger partial charge in [-0.25, -0.2) is 4.39 Å². The number of ether oxygens (including phenoxy) is 1. The van der Waals surface area contributed by atoms with E-state index in [1.165, 1.54) is 18.2 Å². The molecular weight excluding hydrogens is 449 g/mol. The van der Waals surface area contributed by atoms with Crippen LogP contribution in [0.4, 0.5) is 15.8 Å². The van der Waals surface area contributed by atoms with Gasteiger partial charge in [-0.2, -0.15) is 0 Å². The Bertz CT molecular complexity index is 1330. The van der Waals surface area contributed by atoms with Crippen LogP contribution in [0.3, 0.4) is 0 Å². The number of carbonyl (C=O) groups excluding carboxylic acids is 2. The second-order valence-corrected chi connectivity index (χ2v) is 7.97. The first kappa shape index (κ1) is 23.7. The molecule has 0 saturated carbocycles. The van der Waals surface area contributed by atoms with E-state index >= 15 is 0 Å². The molecule has 0 bridgehead atoms. The highest BCUT2D eigenvalue weighted by molar-refractivity contribution is 6.10. The zero-order valence-corrected chi connectivity index (χ0v) is 19.3. The van der Waals surface area contributed by atoms with Crippen LogP contribution in [0.25, 0.3) is 0 Å². The number of hydrogen-bond acceptors (Lipinski definition) is 5. The van der Waals surface area contributed by atoms with Crippen molar-refractivity contribution < 1.29 is 23.2 Å². The molecule has 0 aliphatic heterocycles. The van der Waals surface area contributed by atoms with Gasteiger partial charge in [0.15, 0.2) is 0 Å². The number of para-hydroxylation sites is 1. The molecule has 0 unspecified atom stereocenters. The molecule has 1 aromatic heterocycles. The monoisotopic (exact) mass is 473 g/mol. The number of hydrogen-bond donors (Lipinski definition) is 2. The summed E-state index contributed by atoms with van der Waals surface area (Å²) >= 11 is 0. The number of amides is 2. The minimum Gasteiger partial charge on any atom is -0.489 e. The van der Waals surface area contributed by atoms with Crippen molar-refractivity contribution >= 4 is 23.2 Å². The molecular formula is C27H24FN3O4. The van der Waals surface area contributed by atoms with Gasteiger partial charge in [-0.15, -0.1) is 0 Å². The Morgan fingerprint density at radius 2 is 1.74 bits per heavy atom. The molecule has 8 heteroatoms. The van der Waals surface area contributed by atoms with Crippen molar-refractivity contribution in [2.45, 2.75) is 26.9 Å². The maximum absolute atomic E-state index is 13.4. The van der Waals surface area contributed by atoms with Crippen molar-refractivity contribution in [1.29, 1.82) is 0 Å². The summed E-state index contributed by atoms with van der Waals surface area (Å²) in [7, 11) is 0. The second-order valence-electron chi connectivity index (χ2n) is 7.97. The number of rotatable bonds is 8. The molecule has 2 N–H and O–H groups in total. The summed E-state index contributed by atoms with van der Waals surface area (Å²) in [6.45, 7) is 4.04. The lowest BCUT2D eigenvalue weighted by Crippen LogP contribution is -2.19. The van der Waals surface area contributed by atoms with Gasteiger partial charge in [0.25, 0.3) is 5.91 Å². The average molecular weight is 474 g/mol. The minimum absolute atomic E-state index is 0.115. The van der Waals surface area contributed by atoms with Gasteiger partial charge in [0.2, 0.25) is 5.91 Å². The number of halogens is 1. The molecule has 0 aliphatic carbocycles. The summed E-state index contributed by atoms with van der Waals surface area (Å²) in [5, 5.41) is 9.34. The first-order chi connectivity index (χ1) is 16.9. The first-order valence-electron chi connectivity index (χ1n) is 11.0. The quantitative estimate of drug-likeness (QED) is 0.355. The minimum atomic E-state index is -0.454. The highest BCUT2D eigenvalue weighted by Gasteiger charge is 2.14. The molecule has 4 rings (SSSR count). The van der Waals surface area contributed by atoms with Gasteiger partial charge in [0, 0.05) is 5.69 Å². The van der Waals surface area contributed by atoms with Crippen molar-refractivity contribution in [2.24, 2.45) is 0 Å². The normalized spacial score (nSPS) is 10.6. The SMILES string of the molecule is Cc1noc(C)c1COc1ccc(CC(=O)Nc2ccccc2C(=O)Nc2cccc(F)c2)cc1. The molecule has 178 valence electrons. The van der Waals surface area contributed by atoms with E-state index in [1.807, 2.05) is 26.0 Å². The molecule has 0 fully saturated rings. The van der Waals surface area contributed by atoms with Crippen LogP contribution in [0.1, 0.15) is 32.9 Å². The van der Waals surface area contributed by atoms with Crippen LogP contribution >= 0.6 is 0 Å². The van der Waals surface area contributed by atoms with Gasteiger partial charge in [0.1, 0.15) is 23.9 Å². The summed E-state index contributed by atoms with van der Waals surface area (Å²) < 4.78 is 24.4. The first-order valence-corrected chi connectivity index (χ1v) is 11.0. The number of carbonyl (C=O) groups is 2. The molecule has 0 radical (unpaired) electrons. The lowest BCUT2D eigenvalue weighted by molar-refractivity contribution is -0.115. The smallest absolute Gasteiger partial charge is 0.257 e. The van der Waals surface area contributed by atoms with Crippen molar-refractivity contribution in [3.63, 3.8) is 0 Å². The Morgan fingerprint density at radius 1 is 0.971 bits per heavy atom. The Kier molecular flexibility index (Phi) is 7.21. The van der Waals surface area contributed by atoms with Crippen LogP contribution in [0, 0.1) is 19.7 Å². The highest BCUT2D eigenvalue weighted by atomic mass is 19.1. The van der Waals surface area contributed by atoms with Crippen LogP contribution < -0.4 is 15.4 Å². The van der Waals surface area contributed by atoms with E-state index in [2.05, 4.69) is 15.8 Å². The van der Waals surface area contributed by atoms with Crippen molar-refractivity contribution in [3.8, 4) is 5.75 Å². The van der Waals surface area contributed by atoms with Crippen LogP contribution in [0.2, 0.25) is 0 Å². The fourth-order valence-corrected chi connectivity index (χ4v) is 3.50. The van der Waals surface area contributed by atoms with Crippen LogP contribution in [-0.4, -0.2) is 17.0 Å². The van der Waals surface area contributed by atoms with E-state index in [0.29, 0.717) is 23.7 Å². The Labute approximate surface area is 201 Å². The molecule has 35 heavy (non-hydrogen) atoms. The van der Waals surface area contributed by atoms with E-state index in [4.69, 9.17) is 9.26 Å². The number of aryl methyl sites for hydroxylation is 2. The molecule has 0 spiro atoms. The summed E-state index contributed by atoms with van der Waals surface area (Å²) in [6.07, 6.45) is 0.115. The third-order valence-electron chi connectivity index (χ3n) is 5.38. The lowest BCUT2D eigenvalue weighted by Gasteiger charge is -2.12. The van der Waals surface area contributed by atoms with Crippen LogP contribution in [0.15, 0.2) is 77.3 Å². The predicted molar refractivity (Wildman–Crippen MR) is 130 cm³/mol. The number of aromatic nitrogens is 1. The molecule has 3 aromatic carbocycles. The van der Waals surface area contributed by atoms with Gasteiger partial charge < -0.3 is 19.9 Å². The molecule has 1 heterocycles. The molecule has 2 amide bonds. The summed E-state index contributed by atoms with van der Waals surface area (Å²) in [6, 6.07) is 19.5. The van der Waals surface area contributed by atoms with E-state index in [0.717, 1.165) is 22.6 Å². The summed E-state index contributed by atoms with van der Waals surface area (Å²) in [5.74, 6) is 0.199. The van der Waals surface area contributed by atoms with E-state index in [-0.39, 0.29) is 17.9 Å². The zero-order chi connectivity index (χ0) is 24.8. The Morgan fingerprint density at radius 3 is 2.46 bits per heavy atom. The van der Waals surface area contributed by atoms with E-state index in [1.54, 1.807) is 42.5 Å². The highest BCUT2D eigenvalue weighted by Crippen LogP contribution is 2.20. The third-order valence-corrected chi connectivity index (χ3v) is 5.38. The standard InChI is InChI=1S/C27H24FN3O4/c1-17-24(18(2)35-31-17)16-34-22-12-10-19(11-13-22)14-26(32)30-25-9-4-3-8-23(25)27(33)29-21-7-5-6-20(28)15-21/h3-13,15H,14,16H2,1-2H3,(H,29,33)(H,30,32). The fraction of sp³-hybridized carbons (Fsp3) is 0.148. The number of nitrogens with one attached hydrogen (secondary N) is 2.